The van der Waals surface area contributed by atoms with E-state index in [1.165, 1.54) is 0 Å². The summed E-state index contributed by atoms with van der Waals surface area (Å²) in [5.74, 6) is 0.798. The molecule has 1 aromatic carbocycles. The predicted octanol–water partition coefficient (Wildman–Crippen LogP) is 2.99. The Balaban J connectivity index is 2.24. The number of pyridine rings is 1. The third-order valence-electron chi connectivity index (χ3n) is 3.26. The van der Waals surface area contributed by atoms with Crippen LogP contribution in [0.4, 0.5) is 0 Å². The number of hydrogen-bond acceptors (Lipinski definition) is 4. The second-order valence-electron chi connectivity index (χ2n) is 4.68. The van der Waals surface area contributed by atoms with Gasteiger partial charge in [0.2, 0.25) is 0 Å². The van der Waals surface area contributed by atoms with Crippen molar-refractivity contribution in [3.05, 3.63) is 41.0 Å². The summed E-state index contributed by atoms with van der Waals surface area (Å²) >= 11 is 6.20. The molecule has 0 spiro atoms. The zero-order valence-corrected chi connectivity index (χ0v) is 11.2. The Kier molecular flexibility index (Phi) is 2.95. The minimum Gasteiger partial charge on any atom is -0.386 e. The van der Waals surface area contributed by atoms with Gasteiger partial charge in [-0.2, -0.15) is 5.10 Å². The maximum Gasteiger partial charge on any atom is 0.123 e. The van der Waals surface area contributed by atoms with Gasteiger partial charge in [-0.05, 0) is 24.3 Å². The quantitative estimate of drug-likeness (QED) is 0.867. The average Bonchev–Trinajstić information content (AvgIpc) is 2.41. The molecule has 0 saturated carbocycles. The van der Waals surface area contributed by atoms with E-state index in [0.717, 1.165) is 28.6 Å². The van der Waals surface area contributed by atoms with Gasteiger partial charge in [-0.3, -0.25) is 4.98 Å². The molecule has 0 aliphatic carbocycles. The molecule has 1 unspecified atom stereocenters. The smallest absolute Gasteiger partial charge is 0.123 e. The van der Waals surface area contributed by atoms with Gasteiger partial charge >= 0.3 is 0 Å². The number of halogens is 1. The lowest BCUT2D eigenvalue weighted by Crippen LogP contribution is -2.25. The minimum absolute atomic E-state index is 0.226. The first-order chi connectivity index (χ1) is 9.16. The molecule has 0 amide bonds. The highest BCUT2D eigenvalue weighted by atomic mass is 35.5. The van der Waals surface area contributed by atoms with Gasteiger partial charge in [0.25, 0.3) is 0 Å². The molecule has 0 fully saturated rings. The molecule has 19 heavy (non-hydrogen) atoms. The SMILES string of the molecule is CC1CC(N)=NN=C1c1ccc(Cl)c2cccnc12. The number of hydrogen-bond donors (Lipinski definition) is 1. The first-order valence-corrected chi connectivity index (χ1v) is 6.48. The largest absolute Gasteiger partial charge is 0.386 e. The van der Waals surface area contributed by atoms with E-state index in [2.05, 4.69) is 22.1 Å². The van der Waals surface area contributed by atoms with Crippen LogP contribution in [0, 0.1) is 5.92 Å². The summed E-state index contributed by atoms with van der Waals surface area (Å²) in [6.45, 7) is 2.09. The molecule has 1 aliphatic heterocycles. The monoisotopic (exact) mass is 272 g/mol. The summed E-state index contributed by atoms with van der Waals surface area (Å²) in [4.78, 5) is 4.43. The first kappa shape index (κ1) is 12.1. The number of amidine groups is 1. The van der Waals surface area contributed by atoms with Crippen molar-refractivity contribution in [2.45, 2.75) is 13.3 Å². The lowest BCUT2D eigenvalue weighted by atomic mass is 9.93. The number of rotatable bonds is 1. The van der Waals surface area contributed by atoms with Crippen LogP contribution >= 0.6 is 11.6 Å². The molecule has 96 valence electrons. The van der Waals surface area contributed by atoms with Gasteiger partial charge in [0.05, 0.1) is 16.3 Å². The average molecular weight is 273 g/mol. The summed E-state index contributed by atoms with van der Waals surface area (Å²) in [7, 11) is 0. The van der Waals surface area contributed by atoms with Gasteiger partial charge in [0.15, 0.2) is 0 Å². The molecule has 3 rings (SSSR count). The van der Waals surface area contributed by atoms with Crippen molar-refractivity contribution in [1.29, 1.82) is 0 Å². The Morgan fingerprint density at radius 3 is 2.89 bits per heavy atom. The fourth-order valence-electron chi connectivity index (χ4n) is 2.33. The maximum absolute atomic E-state index is 6.20. The molecule has 1 aromatic heterocycles. The number of nitrogens with zero attached hydrogens (tertiary/aromatic N) is 3. The Morgan fingerprint density at radius 2 is 2.11 bits per heavy atom. The molecule has 0 bridgehead atoms. The summed E-state index contributed by atoms with van der Waals surface area (Å²) in [5.41, 5.74) is 8.45. The molecule has 2 heterocycles. The normalized spacial score (nSPS) is 19.2. The van der Waals surface area contributed by atoms with E-state index in [1.54, 1.807) is 6.20 Å². The molecule has 1 atom stereocenters. The summed E-state index contributed by atoms with van der Waals surface area (Å²) in [6.07, 6.45) is 2.48. The number of fused-ring (bicyclic) bond motifs is 1. The highest BCUT2D eigenvalue weighted by molar-refractivity contribution is 6.36. The van der Waals surface area contributed by atoms with Crippen LogP contribution in [0.15, 0.2) is 40.7 Å². The van der Waals surface area contributed by atoms with Crippen LogP contribution in [0.1, 0.15) is 18.9 Å². The lowest BCUT2D eigenvalue weighted by Gasteiger charge is -2.18. The summed E-state index contributed by atoms with van der Waals surface area (Å²) < 4.78 is 0. The van der Waals surface area contributed by atoms with Gasteiger partial charge in [0, 0.05) is 29.5 Å². The van der Waals surface area contributed by atoms with Crippen molar-refractivity contribution in [2.75, 3.05) is 0 Å². The maximum atomic E-state index is 6.20. The van der Waals surface area contributed by atoms with Crippen molar-refractivity contribution in [3.8, 4) is 0 Å². The molecule has 2 N–H and O–H groups in total. The molecule has 5 heteroatoms. The van der Waals surface area contributed by atoms with E-state index in [1.807, 2.05) is 24.3 Å². The highest BCUT2D eigenvalue weighted by Gasteiger charge is 2.21. The molecular weight excluding hydrogens is 260 g/mol. The van der Waals surface area contributed by atoms with E-state index in [0.29, 0.717) is 10.9 Å². The van der Waals surface area contributed by atoms with Crippen molar-refractivity contribution in [1.82, 2.24) is 4.98 Å². The number of benzene rings is 1. The molecular formula is C14H13ClN4. The van der Waals surface area contributed by atoms with Crippen LogP contribution in [0.5, 0.6) is 0 Å². The number of nitrogens with two attached hydrogens (primary N) is 1. The minimum atomic E-state index is 0.226. The molecule has 0 saturated heterocycles. The molecule has 2 aromatic rings. The molecule has 1 aliphatic rings. The van der Waals surface area contributed by atoms with Gasteiger partial charge < -0.3 is 5.73 Å². The highest BCUT2D eigenvalue weighted by Crippen LogP contribution is 2.28. The second kappa shape index (κ2) is 4.63. The predicted molar refractivity (Wildman–Crippen MR) is 78.7 cm³/mol. The summed E-state index contributed by atoms with van der Waals surface area (Å²) in [6, 6.07) is 7.65. The van der Waals surface area contributed by atoms with Crippen molar-refractivity contribution in [3.63, 3.8) is 0 Å². The Morgan fingerprint density at radius 1 is 1.26 bits per heavy atom. The third-order valence-corrected chi connectivity index (χ3v) is 3.59. The van der Waals surface area contributed by atoms with Crippen LogP contribution in [0.2, 0.25) is 5.02 Å². The fourth-order valence-corrected chi connectivity index (χ4v) is 2.55. The molecule has 0 radical (unpaired) electrons. The van der Waals surface area contributed by atoms with Crippen LogP contribution in [0.25, 0.3) is 10.9 Å². The van der Waals surface area contributed by atoms with Gasteiger partial charge in [-0.1, -0.05) is 18.5 Å². The standard InChI is InChI=1S/C14H13ClN4/c1-8-7-12(16)18-19-13(8)10-4-5-11(15)9-3-2-6-17-14(9)10/h2-6,8H,7H2,1H3,(H2,16,18). The van der Waals surface area contributed by atoms with E-state index < -0.39 is 0 Å². The van der Waals surface area contributed by atoms with Crippen molar-refractivity contribution >= 4 is 34.1 Å². The summed E-state index contributed by atoms with van der Waals surface area (Å²) in [5, 5.41) is 9.85. The van der Waals surface area contributed by atoms with Crippen LogP contribution in [-0.4, -0.2) is 16.5 Å². The first-order valence-electron chi connectivity index (χ1n) is 6.10. The van der Waals surface area contributed by atoms with Gasteiger partial charge in [-0.25, -0.2) is 0 Å². The Hall–Kier alpha value is -1.94. The van der Waals surface area contributed by atoms with Crippen molar-refractivity contribution < 1.29 is 0 Å². The topological polar surface area (TPSA) is 63.6 Å². The third kappa shape index (κ3) is 2.08. The Labute approximate surface area is 116 Å². The van der Waals surface area contributed by atoms with Crippen molar-refractivity contribution in [2.24, 2.45) is 21.9 Å². The van der Waals surface area contributed by atoms with E-state index in [4.69, 9.17) is 17.3 Å². The zero-order valence-electron chi connectivity index (χ0n) is 10.5. The second-order valence-corrected chi connectivity index (χ2v) is 5.08. The zero-order chi connectivity index (χ0) is 13.4. The van der Waals surface area contributed by atoms with Crippen LogP contribution in [0.3, 0.4) is 0 Å². The van der Waals surface area contributed by atoms with E-state index >= 15 is 0 Å². The fraction of sp³-hybridized carbons (Fsp3) is 0.214. The molecule has 4 nitrogen and oxygen atoms in total. The Bertz CT molecular complexity index is 706. The van der Waals surface area contributed by atoms with Crippen LogP contribution in [-0.2, 0) is 0 Å². The lowest BCUT2D eigenvalue weighted by molar-refractivity contribution is 0.784. The van der Waals surface area contributed by atoms with Gasteiger partial charge in [-0.15, -0.1) is 5.10 Å². The van der Waals surface area contributed by atoms with Gasteiger partial charge in [0.1, 0.15) is 5.84 Å². The van der Waals surface area contributed by atoms with E-state index in [9.17, 15) is 0 Å². The number of aromatic nitrogens is 1. The van der Waals surface area contributed by atoms with E-state index in [-0.39, 0.29) is 5.92 Å². The van der Waals surface area contributed by atoms with Crippen LogP contribution < -0.4 is 5.73 Å².